The van der Waals surface area contributed by atoms with Crippen LogP contribution < -0.4 is 5.32 Å². The van der Waals surface area contributed by atoms with Crippen molar-refractivity contribution >= 4 is 23.3 Å². The van der Waals surface area contributed by atoms with Gasteiger partial charge in [-0.05, 0) is 44.0 Å². The lowest BCUT2D eigenvalue weighted by Gasteiger charge is -2.32. The topological polar surface area (TPSA) is 68.0 Å². The summed E-state index contributed by atoms with van der Waals surface area (Å²) in [5.41, 5.74) is 0.467. The molecule has 152 valence electrons. The molecule has 1 saturated heterocycles. The van der Waals surface area contributed by atoms with E-state index >= 15 is 0 Å². The number of piperidine rings is 1. The second-order valence-corrected chi connectivity index (χ2v) is 7.70. The lowest BCUT2D eigenvalue weighted by molar-refractivity contribution is 0.102. The van der Waals surface area contributed by atoms with E-state index in [2.05, 4.69) is 20.4 Å². The third-order valence-corrected chi connectivity index (χ3v) is 5.68. The molecule has 2 aromatic heterocycles. The second kappa shape index (κ2) is 9.24. The first-order valence-electron chi connectivity index (χ1n) is 10.00. The number of nitrogens with zero attached hydrogens (tertiary/aromatic N) is 5. The molecule has 0 bridgehead atoms. The molecule has 1 aliphatic heterocycles. The molecule has 3 aromatic rings. The van der Waals surface area contributed by atoms with Gasteiger partial charge in [0.15, 0.2) is 0 Å². The summed E-state index contributed by atoms with van der Waals surface area (Å²) in [7, 11) is 0. The molecule has 1 aromatic carbocycles. The molecule has 0 radical (unpaired) electrons. The van der Waals surface area contributed by atoms with E-state index in [1.54, 1.807) is 24.4 Å². The Hall–Kier alpha value is -2.64. The molecule has 0 atom stereocenters. The van der Waals surface area contributed by atoms with Crippen molar-refractivity contribution in [3.05, 3.63) is 65.6 Å². The largest absolute Gasteiger partial charge is 0.307 e. The highest BCUT2D eigenvalue weighted by atomic mass is 35.5. The van der Waals surface area contributed by atoms with Gasteiger partial charge in [-0.2, -0.15) is 10.2 Å². The van der Waals surface area contributed by atoms with Crippen molar-refractivity contribution in [2.45, 2.75) is 31.8 Å². The summed E-state index contributed by atoms with van der Waals surface area (Å²) >= 11 is 6.14. The molecule has 7 nitrogen and oxygen atoms in total. The van der Waals surface area contributed by atoms with E-state index < -0.39 is 0 Å². The van der Waals surface area contributed by atoms with Crippen LogP contribution in [0.4, 0.5) is 5.82 Å². The number of halogens is 1. The molecule has 8 heteroatoms. The van der Waals surface area contributed by atoms with E-state index in [4.69, 9.17) is 11.6 Å². The Bertz CT molecular complexity index is 930. The summed E-state index contributed by atoms with van der Waals surface area (Å²) in [6.07, 6.45) is 8.67. The fourth-order valence-corrected chi connectivity index (χ4v) is 4.03. The van der Waals surface area contributed by atoms with Crippen LogP contribution >= 0.6 is 11.6 Å². The number of carbonyl (C=O) groups excluding carboxylic acids is 1. The lowest BCUT2D eigenvalue weighted by Crippen LogP contribution is -2.36. The number of nitrogens with one attached hydrogen (secondary N) is 1. The molecule has 3 heterocycles. The van der Waals surface area contributed by atoms with Crippen LogP contribution in [0.5, 0.6) is 0 Å². The molecule has 1 amide bonds. The van der Waals surface area contributed by atoms with Crippen LogP contribution in [0.25, 0.3) is 0 Å². The maximum Gasteiger partial charge on any atom is 0.258 e. The van der Waals surface area contributed by atoms with Crippen LogP contribution in [0.2, 0.25) is 5.02 Å². The van der Waals surface area contributed by atoms with Crippen LogP contribution in [-0.2, 0) is 6.54 Å². The summed E-state index contributed by atoms with van der Waals surface area (Å²) in [6, 6.07) is 11.1. The number of hydrogen-bond acceptors (Lipinski definition) is 4. The molecular weight excluding hydrogens is 388 g/mol. The standard InChI is InChI=1S/C21H25ClN6O/c22-19-6-2-1-5-18(19)21(29)25-20-7-11-24-28(20)17-8-15-26(16-9-17)12-4-14-27-13-3-10-23-27/h1-3,5-7,10-11,13,17H,4,8-9,12,14-16H2,(H,25,29). The van der Waals surface area contributed by atoms with E-state index in [1.165, 1.54) is 0 Å². The molecule has 4 rings (SSSR count). The molecule has 29 heavy (non-hydrogen) atoms. The van der Waals surface area contributed by atoms with Crippen LogP contribution in [-0.4, -0.2) is 50.0 Å². The summed E-state index contributed by atoms with van der Waals surface area (Å²) in [5, 5.41) is 12.1. The van der Waals surface area contributed by atoms with Gasteiger partial charge in [-0.25, -0.2) is 4.68 Å². The first-order chi connectivity index (χ1) is 14.2. The van der Waals surface area contributed by atoms with Crippen molar-refractivity contribution in [2.24, 2.45) is 0 Å². The summed E-state index contributed by atoms with van der Waals surface area (Å²) in [4.78, 5) is 15.1. The predicted molar refractivity (Wildman–Crippen MR) is 113 cm³/mol. The molecular formula is C21H25ClN6O. The van der Waals surface area contributed by atoms with Gasteiger partial charge in [-0.1, -0.05) is 23.7 Å². The van der Waals surface area contributed by atoms with Crippen LogP contribution in [0.15, 0.2) is 55.0 Å². The molecule has 1 fully saturated rings. The molecule has 1 N–H and O–H groups in total. The molecule has 0 saturated carbocycles. The minimum Gasteiger partial charge on any atom is -0.307 e. The number of benzene rings is 1. The minimum atomic E-state index is -0.214. The fourth-order valence-electron chi connectivity index (χ4n) is 3.81. The van der Waals surface area contributed by atoms with E-state index in [0.29, 0.717) is 16.4 Å². The average Bonchev–Trinajstić information content (AvgIpc) is 3.41. The zero-order chi connectivity index (χ0) is 20.1. The molecule has 1 aliphatic rings. The minimum absolute atomic E-state index is 0.214. The van der Waals surface area contributed by atoms with Gasteiger partial charge in [-0.15, -0.1) is 0 Å². The summed E-state index contributed by atoms with van der Waals surface area (Å²) in [5.74, 6) is 0.500. The summed E-state index contributed by atoms with van der Waals surface area (Å²) < 4.78 is 3.92. The normalized spacial score (nSPS) is 15.5. The maximum absolute atomic E-state index is 12.6. The monoisotopic (exact) mass is 412 g/mol. The third-order valence-electron chi connectivity index (χ3n) is 5.35. The Kier molecular flexibility index (Phi) is 6.27. The number of likely N-dealkylation sites (tertiary alicyclic amines) is 1. The smallest absolute Gasteiger partial charge is 0.258 e. The van der Waals surface area contributed by atoms with Gasteiger partial charge in [0.25, 0.3) is 5.91 Å². The lowest BCUT2D eigenvalue weighted by atomic mass is 10.1. The van der Waals surface area contributed by atoms with Crippen molar-refractivity contribution in [2.75, 3.05) is 25.0 Å². The van der Waals surface area contributed by atoms with Crippen molar-refractivity contribution in [1.29, 1.82) is 0 Å². The first kappa shape index (κ1) is 19.7. The van der Waals surface area contributed by atoms with Crippen LogP contribution in [0, 0.1) is 0 Å². The predicted octanol–water partition coefficient (Wildman–Crippen LogP) is 3.71. The number of hydrogen-bond donors (Lipinski definition) is 1. The van der Waals surface area contributed by atoms with Crippen molar-refractivity contribution in [3.8, 4) is 0 Å². The van der Waals surface area contributed by atoms with Crippen LogP contribution in [0.1, 0.15) is 35.7 Å². The Morgan fingerprint density at radius 3 is 2.66 bits per heavy atom. The van der Waals surface area contributed by atoms with Crippen LogP contribution in [0.3, 0.4) is 0 Å². The highest BCUT2D eigenvalue weighted by molar-refractivity contribution is 6.34. The number of amides is 1. The van der Waals surface area contributed by atoms with Crippen molar-refractivity contribution in [1.82, 2.24) is 24.5 Å². The Balaban J connectivity index is 1.30. The van der Waals surface area contributed by atoms with Gasteiger partial charge >= 0.3 is 0 Å². The average molecular weight is 413 g/mol. The highest BCUT2D eigenvalue weighted by Crippen LogP contribution is 2.26. The number of rotatable bonds is 7. The van der Waals surface area contributed by atoms with Gasteiger partial charge in [0.05, 0.1) is 22.8 Å². The Morgan fingerprint density at radius 1 is 1.07 bits per heavy atom. The van der Waals surface area contributed by atoms with E-state index in [9.17, 15) is 4.79 Å². The second-order valence-electron chi connectivity index (χ2n) is 7.29. The number of carbonyl (C=O) groups is 1. The van der Waals surface area contributed by atoms with Crippen molar-refractivity contribution in [3.63, 3.8) is 0 Å². The van der Waals surface area contributed by atoms with Crippen molar-refractivity contribution < 1.29 is 4.79 Å². The van der Waals surface area contributed by atoms with E-state index in [-0.39, 0.29) is 11.9 Å². The van der Waals surface area contributed by atoms with Gasteiger partial charge in [-0.3, -0.25) is 9.48 Å². The Morgan fingerprint density at radius 2 is 1.90 bits per heavy atom. The molecule has 0 aliphatic carbocycles. The van der Waals surface area contributed by atoms with Gasteiger partial charge in [0.2, 0.25) is 0 Å². The molecule has 0 spiro atoms. The van der Waals surface area contributed by atoms with E-state index in [1.807, 2.05) is 40.0 Å². The van der Waals surface area contributed by atoms with E-state index in [0.717, 1.165) is 45.4 Å². The number of aromatic nitrogens is 4. The third kappa shape index (κ3) is 4.86. The number of anilines is 1. The van der Waals surface area contributed by atoms with Gasteiger partial charge < -0.3 is 10.2 Å². The Labute approximate surface area is 175 Å². The zero-order valence-electron chi connectivity index (χ0n) is 16.2. The highest BCUT2D eigenvalue weighted by Gasteiger charge is 2.23. The first-order valence-corrected chi connectivity index (χ1v) is 10.4. The maximum atomic E-state index is 12.6. The SMILES string of the molecule is O=C(Nc1ccnn1C1CCN(CCCn2cccn2)CC1)c1ccccc1Cl. The molecule has 0 unspecified atom stereocenters. The number of aryl methyl sites for hydroxylation is 1. The fraction of sp³-hybridized carbons (Fsp3) is 0.381. The quantitative estimate of drug-likeness (QED) is 0.642. The van der Waals surface area contributed by atoms with Gasteiger partial charge in [0, 0.05) is 38.1 Å². The zero-order valence-corrected chi connectivity index (χ0v) is 17.0. The van der Waals surface area contributed by atoms with Gasteiger partial charge in [0.1, 0.15) is 5.82 Å². The summed E-state index contributed by atoms with van der Waals surface area (Å²) in [6.45, 7) is 4.08.